The molecule has 0 aliphatic carbocycles. The van der Waals surface area contributed by atoms with E-state index in [0.29, 0.717) is 0 Å². The van der Waals surface area contributed by atoms with E-state index < -0.39 is 0 Å². The van der Waals surface area contributed by atoms with Gasteiger partial charge in [-0.2, -0.15) is 0 Å². The Kier molecular flexibility index (Phi) is 3.54. The van der Waals surface area contributed by atoms with Gasteiger partial charge in [0.25, 0.3) is 0 Å². The summed E-state index contributed by atoms with van der Waals surface area (Å²) in [6.07, 6.45) is 4.30. The Morgan fingerprint density at radius 3 is 2.62 bits per heavy atom. The van der Waals surface area contributed by atoms with Crippen molar-refractivity contribution in [2.45, 2.75) is 12.5 Å². The van der Waals surface area contributed by atoms with Crippen molar-refractivity contribution in [2.75, 3.05) is 0 Å². The smallest absolute Gasteiger partial charge is 0.0408 e. The molecule has 0 radical (unpaired) electrons. The van der Waals surface area contributed by atoms with E-state index >= 15 is 0 Å². The van der Waals surface area contributed by atoms with Crippen LogP contribution in [0.5, 0.6) is 0 Å². The first kappa shape index (κ1) is 11.1. The average molecular weight is 233 g/mol. The number of rotatable bonds is 3. The zero-order valence-corrected chi connectivity index (χ0v) is 9.56. The SMILES string of the molecule is NC(Cc1cccc(Cl)c1)c1ccncc1. The van der Waals surface area contributed by atoms with Crippen molar-refractivity contribution in [3.8, 4) is 0 Å². The van der Waals surface area contributed by atoms with Crippen LogP contribution >= 0.6 is 11.6 Å². The summed E-state index contributed by atoms with van der Waals surface area (Å²) in [5.74, 6) is 0. The van der Waals surface area contributed by atoms with Crippen molar-refractivity contribution in [1.82, 2.24) is 4.98 Å². The molecule has 1 heterocycles. The molecule has 2 N–H and O–H groups in total. The van der Waals surface area contributed by atoms with Crippen LogP contribution in [0.2, 0.25) is 5.02 Å². The average Bonchev–Trinajstić information content (AvgIpc) is 2.30. The van der Waals surface area contributed by atoms with Gasteiger partial charge in [0, 0.05) is 23.5 Å². The fourth-order valence-electron chi connectivity index (χ4n) is 1.65. The zero-order chi connectivity index (χ0) is 11.4. The van der Waals surface area contributed by atoms with Crippen LogP contribution in [0.1, 0.15) is 17.2 Å². The summed E-state index contributed by atoms with van der Waals surface area (Å²) in [6.45, 7) is 0. The van der Waals surface area contributed by atoms with E-state index in [2.05, 4.69) is 4.98 Å². The van der Waals surface area contributed by atoms with Crippen LogP contribution in [0, 0.1) is 0 Å². The van der Waals surface area contributed by atoms with E-state index in [1.807, 2.05) is 36.4 Å². The van der Waals surface area contributed by atoms with Gasteiger partial charge >= 0.3 is 0 Å². The number of hydrogen-bond acceptors (Lipinski definition) is 2. The molecule has 0 bridgehead atoms. The molecule has 0 amide bonds. The summed E-state index contributed by atoms with van der Waals surface area (Å²) in [6, 6.07) is 11.7. The Morgan fingerprint density at radius 1 is 1.19 bits per heavy atom. The van der Waals surface area contributed by atoms with E-state index in [9.17, 15) is 0 Å². The highest BCUT2D eigenvalue weighted by Crippen LogP contribution is 2.17. The summed E-state index contributed by atoms with van der Waals surface area (Å²) < 4.78 is 0. The number of nitrogens with two attached hydrogens (primary N) is 1. The maximum Gasteiger partial charge on any atom is 0.0408 e. The zero-order valence-electron chi connectivity index (χ0n) is 8.81. The molecule has 1 aromatic carbocycles. The maximum atomic E-state index is 6.11. The van der Waals surface area contributed by atoms with Gasteiger partial charge in [0.2, 0.25) is 0 Å². The summed E-state index contributed by atoms with van der Waals surface area (Å²) in [5.41, 5.74) is 8.35. The topological polar surface area (TPSA) is 38.9 Å². The van der Waals surface area contributed by atoms with Gasteiger partial charge in [-0.3, -0.25) is 4.98 Å². The van der Waals surface area contributed by atoms with E-state index in [0.717, 1.165) is 22.6 Å². The lowest BCUT2D eigenvalue weighted by molar-refractivity contribution is 0.720. The summed E-state index contributed by atoms with van der Waals surface area (Å²) >= 11 is 5.92. The Balaban J connectivity index is 2.11. The third-order valence-corrected chi connectivity index (χ3v) is 2.71. The molecular formula is C13H13ClN2. The molecule has 0 aliphatic heterocycles. The molecule has 2 nitrogen and oxygen atoms in total. The lowest BCUT2D eigenvalue weighted by atomic mass is 10.0. The van der Waals surface area contributed by atoms with Crippen molar-refractivity contribution < 1.29 is 0 Å². The monoisotopic (exact) mass is 232 g/mol. The quantitative estimate of drug-likeness (QED) is 0.884. The highest BCUT2D eigenvalue weighted by molar-refractivity contribution is 6.30. The van der Waals surface area contributed by atoms with E-state index in [-0.39, 0.29) is 6.04 Å². The van der Waals surface area contributed by atoms with Crippen LogP contribution in [0.3, 0.4) is 0 Å². The van der Waals surface area contributed by atoms with Crippen molar-refractivity contribution in [3.63, 3.8) is 0 Å². The lowest BCUT2D eigenvalue weighted by Gasteiger charge is -2.11. The largest absolute Gasteiger partial charge is 0.324 e. The molecular weight excluding hydrogens is 220 g/mol. The summed E-state index contributed by atoms with van der Waals surface area (Å²) in [5, 5.41) is 0.749. The third-order valence-electron chi connectivity index (χ3n) is 2.48. The molecule has 1 aromatic heterocycles. The third kappa shape index (κ3) is 2.81. The minimum absolute atomic E-state index is 0.0125. The number of pyridine rings is 1. The van der Waals surface area contributed by atoms with Gasteiger partial charge in [0.1, 0.15) is 0 Å². The van der Waals surface area contributed by atoms with Gasteiger partial charge in [0.05, 0.1) is 0 Å². The van der Waals surface area contributed by atoms with Gasteiger partial charge in [-0.25, -0.2) is 0 Å². The van der Waals surface area contributed by atoms with Gasteiger partial charge in [-0.1, -0.05) is 23.7 Å². The van der Waals surface area contributed by atoms with Crippen LogP contribution in [-0.4, -0.2) is 4.98 Å². The number of aromatic nitrogens is 1. The van der Waals surface area contributed by atoms with Crippen molar-refractivity contribution in [2.24, 2.45) is 5.73 Å². The second kappa shape index (κ2) is 5.10. The molecule has 0 aliphatic rings. The number of halogens is 1. The number of benzene rings is 1. The van der Waals surface area contributed by atoms with Crippen LogP contribution in [0.25, 0.3) is 0 Å². The predicted octanol–water partition coefficient (Wildman–Crippen LogP) is 2.98. The fourth-order valence-corrected chi connectivity index (χ4v) is 1.86. The highest BCUT2D eigenvalue weighted by Gasteiger charge is 2.06. The van der Waals surface area contributed by atoms with Gasteiger partial charge < -0.3 is 5.73 Å². The van der Waals surface area contributed by atoms with E-state index in [1.165, 1.54) is 0 Å². The Morgan fingerprint density at radius 2 is 1.94 bits per heavy atom. The Labute approximate surface area is 100 Å². The molecule has 0 saturated heterocycles. The molecule has 2 aromatic rings. The van der Waals surface area contributed by atoms with Gasteiger partial charge in [-0.15, -0.1) is 0 Å². The second-order valence-corrected chi connectivity index (χ2v) is 4.16. The molecule has 1 atom stereocenters. The second-order valence-electron chi connectivity index (χ2n) is 3.72. The Bertz CT molecular complexity index is 456. The van der Waals surface area contributed by atoms with E-state index in [1.54, 1.807) is 12.4 Å². The van der Waals surface area contributed by atoms with E-state index in [4.69, 9.17) is 17.3 Å². The highest BCUT2D eigenvalue weighted by atomic mass is 35.5. The van der Waals surface area contributed by atoms with Crippen molar-refractivity contribution in [3.05, 3.63) is 64.9 Å². The van der Waals surface area contributed by atoms with Crippen LogP contribution < -0.4 is 5.73 Å². The summed E-state index contributed by atoms with van der Waals surface area (Å²) in [4.78, 5) is 3.97. The van der Waals surface area contributed by atoms with Crippen LogP contribution in [0.4, 0.5) is 0 Å². The van der Waals surface area contributed by atoms with Crippen LogP contribution in [0.15, 0.2) is 48.8 Å². The molecule has 3 heteroatoms. The molecule has 0 saturated carbocycles. The number of hydrogen-bond donors (Lipinski definition) is 1. The Hall–Kier alpha value is -1.38. The predicted molar refractivity (Wildman–Crippen MR) is 66.3 cm³/mol. The molecule has 16 heavy (non-hydrogen) atoms. The van der Waals surface area contributed by atoms with Gasteiger partial charge in [0.15, 0.2) is 0 Å². The van der Waals surface area contributed by atoms with Crippen LogP contribution in [-0.2, 0) is 6.42 Å². The first-order valence-electron chi connectivity index (χ1n) is 5.15. The fraction of sp³-hybridized carbons (Fsp3) is 0.154. The minimum Gasteiger partial charge on any atom is -0.324 e. The molecule has 0 fully saturated rings. The first-order chi connectivity index (χ1) is 7.75. The standard InChI is InChI=1S/C13H13ClN2/c14-12-3-1-2-10(8-12)9-13(15)11-4-6-16-7-5-11/h1-8,13H,9,15H2. The molecule has 2 rings (SSSR count). The molecule has 1 unspecified atom stereocenters. The molecule has 82 valence electrons. The minimum atomic E-state index is -0.0125. The summed E-state index contributed by atoms with van der Waals surface area (Å²) in [7, 11) is 0. The number of nitrogens with zero attached hydrogens (tertiary/aromatic N) is 1. The molecule has 0 spiro atoms. The van der Waals surface area contributed by atoms with Crippen molar-refractivity contribution >= 4 is 11.6 Å². The first-order valence-corrected chi connectivity index (χ1v) is 5.53. The lowest BCUT2D eigenvalue weighted by Crippen LogP contribution is -2.13. The van der Waals surface area contributed by atoms with Crippen molar-refractivity contribution in [1.29, 1.82) is 0 Å². The van der Waals surface area contributed by atoms with Gasteiger partial charge in [-0.05, 0) is 41.8 Å². The maximum absolute atomic E-state index is 6.11. The normalized spacial score (nSPS) is 12.4.